The molecule has 2 fully saturated rings. The second-order valence-electron chi connectivity index (χ2n) is 30.0. The molecule has 9 N–H and O–H groups in total. The smallest absolute Gasteiger partial charge is 0.466 e. The predicted molar refractivity (Wildman–Crippen MR) is 416 cm³/mol. The van der Waals surface area contributed by atoms with Gasteiger partial charge in [-0.2, -0.15) is 0 Å². The molecule has 2 saturated carbocycles. The Hall–Kier alpha value is -1.38. The molecule has 105 heavy (non-hydrogen) atoms. The van der Waals surface area contributed by atoms with Crippen LogP contribution in [0.25, 0.3) is 0 Å². The van der Waals surface area contributed by atoms with Gasteiger partial charge < -0.3 is 91.8 Å². The van der Waals surface area contributed by atoms with Crippen molar-refractivity contribution in [2.45, 2.75) is 256 Å². The largest absolute Gasteiger partial charge is 0.506 e. The van der Waals surface area contributed by atoms with E-state index in [4.69, 9.17) is 65.8 Å². The molecule has 0 amide bonds. The maximum Gasteiger partial charge on any atom is 0.506 e. The normalized spacial score (nSPS) is 19.3. The molecule has 32 heteroatoms. The summed E-state index contributed by atoms with van der Waals surface area (Å²) < 4.78 is 74.7. The van der Waals surface area contributed by atoms with E-state index in [-0.39, 0.29) is 163 Å². The number of nitrogens with one attached hydrogen (secondary N) is 2. The molecular formula is C73H140N6O19Si5WY. The third-order valence-electron chi connectivity index (χ3n) is 18.5. The number of benzene rings is 1. The summed E-state index contributed by atoms with van der Waals surface area (Å²) in [6.07, 6.45) is 9.17. The predicted octanol–water partition coefficient (Wildman–Crippen LogP) is 7.06. The van der Waals surface area contributed by atoms with Gasteiger partial charge in [0.1, 0.15) is 6.04 Å². The molecule has 0 heterocycles. The number of nitrogens with zero attached hydrogens (tertiary/aromatic N) is 2. The number of hydrogen-bond donors (Lipinski definition) is 7. The van der Waals surface area contributed by atoms with Crippen LogP contribution in [0.4, 0.5) is 0 Å². The zero-order valence-electron chi connectivity index (χ0n) is 66.5. The minimum absolute atomic E-state index is 0. The SMILES string of the molecule is C=C(N)COCC(=C)NCC(O)COCCC[Si](C)(C)O[Si](O[SiH2]CCCOCC(O)CNC(C)COCC(C)N)(O[Si](C)(C)O[Si](C)(C)CCCOCC(O)CN(C1CCC(CC2CCC(N(C)C(CC(=O)OCC)C(=O)OCC)CC2)CC1)C(CC(=O)OCC)C(=O)CCC)c1ccccc1.[W].[Y]. The molecule has 0 bridgehead atoms. The number of ether oxygens (including phenoxy) is 8. The molecule has 0 aliphatic heterocycles. The van der Waals surface area contributed by atoms with Crippen LogP contribution in [-0.4, -0.2) is 260 Å². The van der Waals surface area contributed by atoms with Crippen LogP contribution >= 0.6 is 0 Å². The van der Waals surface area contributed by atoms with Crippen molar-refractivity contribution in [3.05, 3.63) is 54.9 Å². The van der Waals surface area contributed by atoms with E-state index in [9.17, 15) is 34.5 Å². The molecule has 25 nitrogen and oxygen atoms in total. The number of rotatable bonds is 60. The molecule has 8 unspecified atom stereocenters. The molecule has 0 saturated heterocycles. The van der Waals surface area contributed by atoms with Crippen LogP contribution in [0.5, 0.6) is 0 Å². The molecule has 2 aliphatic carbocycles. The van der Waals surface area contributed by atoms with Crippen molar-refractivity contribution in [2.75, 3.05) is 113 Å². The van der Waals surface area contributed by atoms with Gasteiger partial charge in [-0.25, -0.2) is 0 Å². The standard InChI is InChI=1S/C73H140N6O19Si5.W.Y/c1-16-26-70(83)68(44-71(84)92-17-2)79(63-35-31-61(32-36-63)43-60-29-33-62(34-30-60)78(9)69(73(86)94-19-4)45-72(85)93-18-3)48-66(82)55-89-39-24-41-100(10,11)96-102(14,15)98-103(67-27-21-20-22-28-67,95-99-40-23-37-87-53-64(80)46-76-58(7)51-90-49-56(5)74)97-101(12,13)42-25-38-88-54-65(81)47-77-59(8)52-91-50-57(6)75;;/h20-22,27-28,56,58,60-66,68-69,76-77,80-82H,6,8,16-19,23-26,29-55,74-75,99H2,1-5,7,9-15H3;;. The second-order valence-corrected chi connectivity index (χ2v) is 47.3. The minimum Gasteiger partial charge on any atom is -0.466 e. The Labute approximate surface area is 677 Å². The number of ketones is 1. The summed E-state index contributed by atoms with van der Waals surface area (Å²) in [5.41, 5.74) is 12.4. The van der Waals surface area contributed by atoms with Gasteiger partial charge in [-0.3, -0.25) is 29.0 Å². The molecular weight excluding hydrogens is 1680 g/mol. The molecule has 3 rings (SSSR count). The number of carbonyl (C=O) groups excluding carboxylic acids is 4. The Bertz CT molecular complexity index is 2540. The summed E-state index contributed by atoms with van der Waals surface area (Å²) in [5.74, 6) is -0.218. The Balaban J connectivity index is 0.0000276. The summed E-state index contributed by atoms with van der Waals surface area (Å²) in [6, 6.07) is 11.0. The van der Waals surface area contributed by atoms with E-state index in [0.717, 1.165) is 87.5 Å². The van der Waals surface area contributed by atoms with Crippen LogP contribution < -0.4 is 27.3 Å². The van der Waals surface area contributed by atoms with Gasteiger partial charge in [-0.05, 0) is 194 Å². The van der Waals surface area contributed by atoms with E-state index in [1.165, 1.54) is 0 Å². The quantitative estimate of drug-likeness (QED) is 0.0148. The number of nitrogens with two attached hydrogens (primary N) is 2. The number of likely N-dealkylation sites (N-methyl/N-ethyl adjacent to an activating group) is 1. The number of hydrogen-bond acceptors (Lipinski definition) is 25. The van der Waals surface area contributed by atoms with Crippen LogP contribution in [-0.2, 0) is 127 Å². The molecule has 1 aromatic rings. The Morgan fingerprint density at radius 2 is 1.17 bits per heavy atom. The fourth-order valence-corrected chi connectivity index (χ4v) is 34.1. The van der Waals surface area contributed by atoms with Crippen molar-refractivity contribution >= 4 is 72.6 Å². The summed E-state index contributed by atoms with van der Waals surface area (Å²) >= 11 is 0. The molecule has 605 valence electrons. The van der Waals surface area contributed by atoms with Crippen LogP contribution in [0.3, 0.4) is 0 Å². The zero-order valence-corrected chi connectivity index (χ0v) is 77.7. The number of aliphatic hydroxyl groups excluding tert-OH is 3. The van der Waals surface area contributed by atoms with Crippen LogP contribution in [0.1, 0.15) is 144 Å². The molecule has 0 spiro atoms. The Kier molecular flexibility index (Phi) is 54.2. The van der Waals surface area contributed by atoms with Crippen molar-refractivity contribution in [1.82, 2.24) is 20.4 Å². The summed E-state index contributed by atoms with van der Waals surface area (Å²) in [6.45, 7) is 36.2. The summed E-state index contributed by atoms with van der Waals surface area (Å²) in [7, 11) is -11.2. The Morgan fingerprint density at radius 1 is 0.648 bits per heavy atom. The van der Waals surface area contributed by atoms with Gasteiger partial charge in [0.15, 0.2) is 32.2 Å². The van der Waals surface area contributed by atoms with Crippen molar-refractivity contribution in [1.29, 1.82) is 0 Å². The number of carbonyl (C=O) groups is 4. The van der Waals surface area contributed by atoms with Gasteiger partial charge in [-0.1, -0.05) is 50.4 Å². The topological polar surface area (TPSA) is 322 Å². The second kappa shape index (κ2) is 56.0. The van der Waals surface area contributed by atoms with Gasteiger partial charge in [0.2, 0.25) is 0 Å². The first-order valence-electron chi connectivity index (χ1n) is 38.4. The average Bonchev–Trinajstić information content (AvgIpc) is 0.933. The molecule has 0 aromatic heterocycles. The molecule has 1 aromatic carbocycles. The fourth-order valence-electron chi connectivity index (χ4n) is 13.6. The van der Waals surface area contributed by atoms with E-state index in [1.54, 1.807) is 20.8 Å². The van der Waals surface area contributed by atoms with Crippen LogP contribution in [0.15, 0.2) is 54.9 Å². The average molecular weight is 1820 g/mol. The van der Waals surface area contributed by atoms with Crippen LogP contribution in [0, 0.1) is 11.8 Å². The monoisotopic (exact) mass is 1820 g/mol. The first-order valence-corrected chi connectivity index (χ1v) is 50.8. The molecule has 1 radical (unpaired) electrons. The van der Waals surface area contributed by atoms with Crippen molar-refractivity contribution in [2.24, 2.45) is 23.3 Å². The number of esters is 3. The van der Waals surface area contributed by atoms with Crippen molar-refractivity contribution in [3.63, 3.8) is 0 Å². The first kappa shape index (κ1) is 102. The van der Waals surface area contributed by atoms with Gasteiger partial charge >= 0.3 is 35.3 Å². The fraction of sp³-hybridized carbons (Fsp3) is 0.808. The van der Waals surface area contributed by atoms with E-state index in [1.807, 2.05) is 63.1 Å². The van der Waals surface area contributed by atoms with Crippen molar-refractivity contribution < 1.29 is 143 Å². The van der Waals surface area contributed by atoms with Gasteiger partial charge in [0, 0.05) is 140 Å². The number of aliphatic hydroxyl groups is 3. The third-order valence-corrected chi connectivity index (χ3v) is 36.3. The van der Waals surface area contributed by atoms with Crippen molar-refractivity contribution in [3.8, 4) is 0 Å². The first-order chi connectivity index (χ1) is 48.9. The van der Waals surface area contributed by atoms with Gasteiger partial charge in [0.05, 0.1) is 103 Å². The van der Waals surface area contributed by atoms with E-state index >= 15 is 0 Å². The van der Waals surface area contributed by atoms with E-state index in [0.29, 0.717) is 88.5 Å². The van der Waals surface area contributed by atoms with Gasteiger partial charge in [0.25, 0.3) is 0 Å². The number of Topliss-reactive ketones (excluding diaryl/α,β-unsaturated/α-hetero) is 1. The molecule has 2 aliphatic rings. The van der Waals surface area contributed by atoms with Crippen LogP contribution in [0.2, 0.25) is 57.4 Å². The van der Waals surface area contributed by atoms with E-state index < -0.39 is 92.1 Å². The summed E-state index contributed by atoms with van der Waals surface area (Å²) in [4.78, 5) is 57.0. The summed E-state index contributed by atoms with van der Waals surface area (Å²) in [5, 5.41) is 40.5. The maximum absolute atomic E-state index is 14.1. The zero-order chi connectivity index (χ0) is 76.4. The minimum atomic E-state index is -3.71. The molecule has 8 atom stereocenters. The maximum atomic E-state index is 14.1. The van der Waals surface area contributed by atoms with E-state index in [2.05, 4.69) is 68.0 Å². The Morgan fingerprint density at radius 3 is 1.71 bits per heavy atom. The van der Waals surface area contributed by atoms with Gasteiger partial charge in [-0.15, -0.1) is 0 Å². The third kappa shape index (κ3) is 44.0.